The summed E-state index contributed by atoms with van der Waals surface area (Å²) in [5.74, 6) is 0.167. The summed E-state index contributed by atoms with van der Waals surface area (Å²) in [7, 11) is 0. The third-order valence-electron chi connectivity index (χ3n) is 2.67. The van der Waals surface area contributed by atoms with E-state index in [1.165, 1.54) is 0 Å². The molecule has 0 saturated carbocycles. The van der Waals surface area contributed by atoms with Crippen molar-refractivity contribution in [2.75, 3.05) is 0 Å². The van der Waals surface area contributed by atoms with Crippen molar-refractivity contribution in [1.82, 2.24) is 0 Å². The number of Topliss-reactive ketones (excluding diaryl/α,β-unsaturated/α-hetero) is 1. The summed E-state index contributed by atoms with van der Waals surface area (Å²) in [4.78, 5) is 10.9. The van der Waals surface area contributed by atoms with Gasteiger partial charge in [-0.3, -0.25) is 4.79 Å². The summed E-state index contributed by atoms with van der Waals surface area (Å²) < 4.78 is 0. The first-order chi connectivity index (χ1) is 5.94. The van der Waals surface area contributed by atoms with E-state index in [0.717, 1.165) is 5.57 Å². The lowest BCUT2D eigenvalue weighted by molar-refractivity contribution is -0.117. The molecule has 72 valence electrons. The summed E-state index contributed by atoms with van der Waals surface area (Å²) in [5, 5.41) is 10.1. The van der Waals surface area contributed by atoms with Gasteiger partial charge in [0.2, 0.25) is 0 Å². The molecule has 2 atom stereocenters. The van der Waals surface area contributed by atoms with Crippen LogP contribution in [0.15, 0.2) is 23.8 Å². The molecule has 2 unspecified atom stereocenters. The number of carbonyl (C=O) groups is 1. The van der Waals surface area contributed by atoms with Crippen molar-refractivity contribution in [3.63, 3.8) is 0 Å². The summed E-state index contributed by atoms with van der Waals surface area (Å²) >= 11 is 0. The summed E-state index contributed by atoms with van der Waals surface area (Å²) in [6.07, 6.45) is 6.04. The van der Waals surface area contributed by atoms with Crippen LogP contribution in [0, 0.1) is 5.92 Å². The predicted octanol–water partition coefficient (Wildman–Crippen LogP) is 1.85. The van der Waals surface area contributed by atoms with Crippen LogP contribution in [-0.2, 0) is 4.79 Å². The molecule has 1 aliphatic carbocycles. The Morgan fingerprint density at radius 3 is 2.85 bits per heavy atom. The van der Waals surface area contributed by atoms with Crippen LogP contribution >= 0.6 is 0 Å². The smallest absolute Gasteiger partial charge is 0.133 e. The molecule has 0 aromatic rings. The van der Waals surface area contributed by atoms with Crippen LogP contribution in [0.5, 0.6) is 0 Å². The van der Waals surface area contributed by atoms with Crippen molar-refractivity contribution in [2.24, 2.45) is 5.92 Å². The summed E-state index contributed by atoms with van der Waals surface area (Å²) in [6.45, 7) is 5.25. The van der Waals surface area contributed by atoms with Crippen molar-refractivity contribution >= 4 is 5.78 Å². The highest BCUT2D eigenvalue weighted by atomic mass is 16.3. The minimum Gasteiger partial charge on any atom is -0.385 e. The molecule has 0 aliphatic heterocycles. The molecule has 1 rings (SSSR count). The average Bonchev–Trinajstić information content (AvgIpc) is 1.99. The number of hydrogen-bond donors (Lipinski definition) is 1. The maximum atomic E-state index is 10.9. The Kier molecular flexibility index (Phi) is 2.71. The molecule has 0 aromatic heterocycles. The second-order valence-corrected chi connectivity index (χ2v) is 3.89. The maximum absolute atomic E-state index is 10.9. The zero-order valence-corrected chi connectivity index (χ0v) is 8.37. The molecule has 0 heterocycles. The van der Waals surface area contributed by atoms with E-state index in [-0.39, 0.29) is 11.7 Å². The number of carbonyl (C=O) groups excluding carboxylic acids is 1. The quantitative estimate of drug-likeness (QED) is 0.704. The summed E-state index contributed by atoms with van der Waals surface area (Å²) in [6, 6.07) is 0. The lowest BCUT2D eigenvalue weighted by atomic mass is 9.78. The summed E-state index contributed by atoms with van der Waals surface area (Å²) in [5.41, 5.74) is -0.0459. The minimum atomic E-state index is -0.861. The van der Waals surface area contributed by atoms with Gasteiger partial charge in [-0.2, -0.15) is 0 Å². The van der Waals surface area contributed by atoms with Gasteiger partial charge >= 0.3 is 0 Å². The Morgan fingerprint density at radius 1 is 1.69 bits per heavy atom. The first-order valence-corrected chi connectivity index (χ1v) is 4.54. The normalized spacial score (nSPS) is 32.9. The first-order valence-electron chi connectivity index (χ1n) is 4.54. The van der Waals surface area contributed by atoms with Gasteiger partial charge in [-0.05, 0) is 19.4 Å². The minimum absolute atomic E-state index is 0.0758. The van der Waals surface area contributed by atoms with E-state index in [0.29, 0.717) is 6.42 Å². The van der Waals surface area contributed by atoms with E-state index in [9.17, 15) is 9.90 Å². The number of allylic oxidation sites excluding steroid dienone is 2. The van der Waals surface area contributed by atoms with Gasteiger partial charge in [-0.15, -0.1) is 0 Å². The number of aliphatic hydroxyl groups is 1. The molecule has 1 N–H and O–H groups in total. The van der Waals surface area contributed by atoms with Crippen molar-refractivity contribution in [2.45, 2.75) is 32.8 Å². The van der Waals surface area contributed by atoms with Gasteiger partial charge in [0.1, 0.15) is 5.78 Å². The molecule has 1 aliphatic rings. The largest absolute Gasteiger partial charge is 0.385 e. The fourth-order valence-corrected chi connectivity index (χ4v) is 1.49. The standard InChI is InChI=1S/C11H16O2/c1-8-5-4-6-10(7-9(2)12)11(8,3)13/h4-6,8,13H,7H2,1-3H3. The van der Waals surface area contributed by atoms with Gasteiger partial charge in [0.25, 0.3) is 0 Å². The van der Waals surface area contributed by atoms with Crippen LogP contribution in [0.4, 0.5) is 0 Å². The molecular weight excluding hydrogens is 164 g/mol. The third kappa shape index (κ3) is 2.07. The van der Waals surface area contributed by atoms with E-state index in [2.05, 4.69) is 0 Å². The van der Waals surface area contributed by atoms with E-state index >= 15 is 0 Å². The Labute approximate surface area is 79.0 Å². The van der Waals surface area contributed by atoms with Crippen LogP contribution < -0.4 is 0 Å². The second-order valence-electron chi connectivity index (χ2n) is 3.89. The fourth-order valence-electron chi connectivity index (χ4n) is 1.49. The molecule has 0 radical (unpaired) electrons. The average molecular weight is 180 g/mol. The molecule has 0 fully saturated rings. The van der Waals surface area contributed by atoms with Crippen LogP contribution in [0.3, 0.4) is 0 Å². The molecule has 13 heavy (non-hydrogen) atoms. The van der Waals surface area contributed by atoms with Crippen LogP contribution in [0.25, 0.3) is 0 Å². The van der Waals surface area contributed by atoms with Gasteiger partial charge in [0.05, 0.1) is 5.60 Å². The van der Waals surface area contributed by atoms with Gasteiger partial charge in [-0.25, -0.2) is 0 Å². The molecule has 0 spiro atoms. The zero-order chi connectivity index (χ0) is 10.1. The molecule has 0 aromatic carbocycles. The van der Waals surface area contributed by atoms with Gasteiger partial charge < -0.3 is 5.11 Å². The Balaban J connectivity index is 2.88. The lowest BCUT2D eigenvalue weighted by Gasteiger charge is -2.33. The van der Waals surface area contributed by atoms with Crippen LogP contribution in [-0.4, -0.2) is 16.5 Å². The van der Waals surface area contributed by atoms with Crippen molar-refractivity contribution in [3.05, 3.63) is 23.8 Å². The maximum Gasteiger partial charge on any atom is 0.133 e. The monoisotopic (exact) mass is 180 g/mol. The van der Waals surface area contributed by atoms with Gasteiger partial charge in [0, 0.05) is 12.3 Å². The predicted molar refractivity (Wildman–Crippen MR) is 52.3 cm³/mol. The number of hydrogen-bond acceptors (Lipinski definition) is 2. The number of ketones is 1. The van der Waals surface area contributed by atoms with Crippen molar-refractivity contribution in [3.8, 4) is 0 Å². The third-order valence-corrected chi connectivity index (χ3v) is 2.67. The topological polar surface area (TPSA) is 37.3 Å². The molecule has 0 amide bonds. The number of rotatable bonds is 2. The Morgan fingerprint density at radius 2 is 2.31 bits per heavy atom. The SMILES string of the molecule is CC(=O)CC1=CC=CC(C)C1(C)O. The molecule has 0 bridgehead atoms. The van der Waals surface area contributed by atoms with Gasteiger partial charge in [0.15, 0.2) is 0 Å². The lowest BCUT2D eigenvalue weighted by Crippen LogP contribution is -2.36. The zero-order valence-electron chi connectivity index (χ0n) is 8.37. The van der Waals surface area contributed by atoms with E-state index in [1.54, 1.807) is 13.8 Å². The molecule has 2 heteroatoms. The highest BCUT2D eigenvalue weighted by Gasteiger charge is 2.32. The van der Waals surface area contributed by atoms with Gasteiger partial charge in [-0.1, -0.05) is 25.2 Å². The second kappa shape index (κ2) is 3.46. The van der Waals surface area contributed by atoms with Crippen LogP contribution in [0.1, 0.15) is 27.2 Å². The first kappa shape index (κ1) is 10.2. The fraction of sp³-hybridized carbons (Fsp3) is 0.545. The molecule has 2 nitrogen and oxygen atoms in total. The van der Waals surface area contributed by atoms with Crippen molar-refractivity contribution < 1.29 is 9.90 Å². The van der Waals surface area contributed by atoms with Crippen LogP contribution in [0.2, 0.25) is 0 Å². The van der Waals surface area contributed by atoms with E-state index in [1.807, 2.05) is 25.2 Å². The Bertz CT molecular complexity index is 272. The van der Waals surface area contributed by atoms with E-state index in [4.69, 9.17) is 0 Å². The molecule has 0 saturated heterocycles. The Hall–Kier alpha value is -0.890. The highest BCUT2D eigenvalue weighted by molar-refractivity contribution is 5.78. The van der Waals surface area contributed by atoms with Crippen molar-refractivity contribution in [1.29, 1.82) is 0 Å². The van der Waals surface area contributed by atoms with E-state index < -0.39 is 5.60 Å². The highest BCUT2D eigenvalue weighted by Crippen LogP contribution is 2.32. The molecular formula is C11H16O2.